The number of piperazine rings is 1. The molecule has 0 unspecified atom stereocenters. The molecule has 120 valence electrons. The number of nitrogens with one attached hydrogen (secondary N) is 1. The van der Waals surface area contributed by atoms with Crippen molar-refractivity contribution >= 4 is 24.0 Å². The molecule has 1 heterocycles. The van der Waals surface area contributed by atoms with Crippen LogP contribution in [0.1, 0.15) is 37.9 Å². The Morgan fingerprint density at radius 3 is 2.33 bits per heavy atom. The van der Waals surface area contributed by atoms with Crippen LogP contribution in [0.3, 0.4) is 0 Å². The first-order valence-electron chi connectivity index (χ1n) is 7.21. The third-order valence-corrected chi connectivity index (χ3v) is 4.43. The molecule has 2 rings (SSSR count). The highest BCUT2D eigenvalue weighted by Gasteiger charge is 2.36. The van der Waals surface area contributed by atoms with Gasteiger partial charge < -0.3 is 5.32 Å². The molecule has 0 aromatic heterocycles. The van der Waals surface area contributed by atoms with Crippen molar-refractivity contribution in [2.75, 3.05) is 26.2 Å². The van der Waals surface area contributed by atoms with Gasteiger partial charge in [-0.15, -0.1) is 12.4 Å². The summed E-state index contributed by atoms with van der Waals surface area (Å²) in [5.41, 5.74) is 1.52. The number of aryl methyl sites for hydroxylation is 1. The summed E-state index contributed by atoms with van der Waals surface area (Å²) in [5.74, 6) is -0.195. The van der Waals surface area contributed by atoms with Crippen LogP contribution < -0.4 is 5.32 Å². The monoisotopic (exact) mass is 334 g/mol. The molecule has 0 spiro atoms. The smallest absolute Gasteiger partial charge is 0.129 e. The molecule has 0 bridgehead atoms. The maximum atomic E-state index is 14.4. The van der Waals surface area contributed by atoms with Gasteiger partial charge in [-0.2, -0.15) is 0 Å². The van der Waals surface area contributed by atoms with Crippen molar-refractivity contribution in [3.8, 4) is 0 Å². The highest BCUT2D eigenvalue weighted by atomic mass is 35.5. The van der Waals surface area contributed by atoms with Gasteiger partial charge in [0.15, 0.2) is 0 Å². The van der Waals surface area contributed by atoms with Gasteiger partial charge in [-0.25, -0.2) is 4.39 Å². The van der Waals surface area contributed by atoms with Crippen molar-refractivity contribution in [1.29, 1.82) is 0 Å². The predicted octanol–water partition coefficient (Wildman–Crippen LogP) is 4.20. The van der Waals surface area contributed by atoms with Crippen molar-refractivity contribution in [1.82, 2.24) is 10.2 Å². The van der Waals surface area contributed by atoms with Crippen molar-refractivity contribution in [3.05, 3.63) is 34.1 Å². The minimum Gasteiger partial charge on any atom is -0.314 e. The quantitative estimate of drug-likeness (QED) is 0.871. The lowest BCUT2D eigenvalue weighted by Crippen LogP contribution is -2.48. The SMILES string of the molecule is Cc1ccc(F)c([C@H](N2CCNCC2)C(C)(C)C)c1Cl.Cl. The Hall–Kier alpha value is -0.350. The predicted molar refractivity (Wildman–Crippen MR) is 90.0 cm³/mol. The fraction of sp³-hybridized carbons (Fsp3) is 0.625. The molecule has 1 fully saturated rings. The number of benzene rings is 1. The molecular formula is C16H25Cl2FN2. The Morgan fingerprint density at radius 1 is 1.24 bits per heavy atom. The van der Waals surface area contributed by atoms with Crippen molar-refractivity contribution < 1.29 is 4.39 Å². The second-order valence-electron chi connectivity index (χ2n) is 6.65. The van der Waals surface area contributed by atoms with Crippen LogP contribution >= 0.6 is 24.0 Å². The van der Waals surface area contributed by atoms with Crippen LogP contribution in [-0.2, 0) is 0 Å². The topological polar surface area (TPSA) is 15.3 Å². The number of nitrogens with zero attached hydrogens (tertiary/aromatic N) is 1. The molecule has 1 saturated heterocycles. The average Bonchev–Trinajstić information content (AvgIpc) is 2.39. The van der Waals surface area contributed by atoms with E-state index in [9.17, 15) is 4.39 Å². The summed E-state index contributed by atoms with van der Waals surface area (Å²) in [6.45, 7) is 12.1. The molecule has 0 saturated carbocycles. The van der Waals surface area contributed by atoms with Crippen LogP contribution in [0.15, 0.2) is 12.1 Å². The second-order valence-corrected chi connectivity index (χ2v) is 7.02. The van der Waals surface area contributed by atoms with Gasteiger partial charge in [-0.05, 0) is 24.0 Å². The molecular weight excluding hydrogens is 310 g/mol. The summed E-state index contributed by atoms with van der Waals surface area (Å²) < 4.78 is 14.4. The third-order valence-electron chi connectivity index (χ3n) is 3.93. The normalized spacial score (nSPS) is 18.2. The van der Waals surface area contributed by atoms with Crippen LogP contribution in [-0.4, -0.2) is 31.1 Å². The van der Waals surface area contributed by atoms with E-state index in [0.29, 0.717) is 10.6 Å². The van der Waals surface area contributed by atoms with E-state index in [0.717, 1.165) is 31.7 Å². The first-order chi connectivity index (χ1) is 9.32. The minimum absolute atomic E-state index is 0. The van der Waals surface area contributed by atoms with Gasteiger partial charge in [0.25, 0.3) is 0 Å². The summed E-state index contributed by atoms with van der Waals surface area (Å²) >= 11 is 6.44. The lowest BCUT2D eigenvalue weighted by atomic mass is 9.80. The Balaban J connectivity index is 0.00000220. The maximum Gasteiger partial charge on any atom is 0.129 e. The van der Waals surface area contributed by atoms with Gasteiger partial charge in [-0.3, -0.25) is 4.90 Å². The molecule has 1 aliphatic rings. The lowest BCUT2D eigenvalue weighted by Gasteiger charge is -2.43. The van der Waals surface area contributed by atoms with E-state index >= 15 is 0 Å². The van der Waals surface area contributed by atoms with E-state index in [1.54, 1.807) is 6.07 Å². The Labute approximate surface area is 138 Å². The molecule has 0 amide bonds. The van der Waals surface area contributed by atoms with Crippen LogP contribution in [0.4, 0.5) is 4.39 Å². The molecule has 2 nitrogen and oxygen atoms in total. The van der Waals surface area contributed by atoms with Gasteiger partial charge in [0.2, 0.25) is 0 Å². The number of hydrogen-bond donors (Lipinski definition) is 1. The van der Waals surface area contributed by atoms with Crippen molar-refractivity contribution in [3.63, 3.8) is 0 Å². The molecule has 0 radical (unpaired) electrons. The lowest BCUT2D eigenvalue weighted by molar-refractivity contribution is 0.0835. The van der Waals surface area contributed by atoms with E-state index in [-0.39, 0.29) is 29.7 Å². The van der Waals surface area contributed by atoms with Gasteiger partial charge in [0.05, 0.1) is 5.02 Å². The molecule has 1 aromatic rings. The van der Waals surface area contributed by atoms with Gasteiger partial charge >= 0.3 is 0 Å². The van der Waals surface area contributed by atoms with Gasteiger partial charge in [0, 0.05) is 37.8 Å². The molecule has 1 aromatic carbocycles. The van der Waals surface area contributed by atoms with Crippen LogP contribution in [0.2, 0.25) is 5.02 Å². The molecule has 1 atom stereocenters. The van der Waals surface area contributed by atoms with Crippen LogP contribution in [0.25, 0.3) is 0 Å². The first-order valence-corrected chi connectivity index (χ1v) is 7.59. The Morgan fingerprint density at radius 2 is 1.81 bits per heavy atom. The molecule has 0 aliphatic carbocycles. The first kappa shape index (κ1) is 18.7. The molecule has 5 heteroatoms. The van der Waals surface area contributed by atoms with E-state index in [1.807, 2.05) is 6.92 Å². The zero-order valence-corrected chi connectivity index (χ0v) is 14.7. The Kier molecular flexibility index (Phi) is 6.48. The Bertz CT molecular complexity index is 480. The summed E-state index contributed by atoms with van der Waals surface area (Å²) in [4.78, 5) is 2.35. The van der Waals surface area contributed by atoms with E-state index in [1.165, 1.54) is 6.07 Å². The molecule has 1 N–H and O–H groups in total. The van der Waals surface area contributed by atoms with Crippen molar-refractivity contribution in [2.24, 2.45) is 5.41 Å². The average molecular weight is 335 g/mol. The number of halogens is 3. The minimum atomic E-state index is -0.195. The highest BCUT2D eigenvalue weighted by molar-refractivity contribution is 6.32. The second kappa shape index (κ2) is 7.28. The zero-order valence-electron chi connectivity index (χ0n) is 13.2. The standard InChI is InChI=1S/C16H24ClFN2.ClH/c1-11-5-6-12(18)13(14(11)17)15(16(2,3)4)20-9-7-19-8-10-20;/h5-6,15,19H,7-10H2,1-4H3;1H/t15-;/m0./s1. The third kappa shape index (κ3) is 4.10. The number of hydrogen-bond acceptors (Lipinski definition) is 2. The van der Waals surface area contributed by atoms with E-state index < -0.39 is 0 Å². The molecule has 1 aliphatic heterocycles. The summed E-state index contributed by atoms with van der Waals surface area (Å²) in [6.07, 6.45) is 0. The van der Waals surface area contributed by atoms with Crippen LogP contribution in [0.5, 0.6) is 0 Å². The highest BCUT2D eigenvalue weighted by Crippen LogP contribution is 2.43. The maximum absolute atomic E-state index is 14.4. The van der Waals surface area contributed by atoms with Gasteiger partial charge in [-0.1, -0.05) is 38.4 Å². The fourth-order valence-corrected chi connectivity index (χ4v) is 3.29. The summed E-state index contributed by atoms with van der Waals surface area (Å²) in [6, 6.07) is 3.29. The fourth-order valence-electron chi connectivity index (χ4n) is 3.03. The van der Waals surface area contributed by atoms with Crippen LogP contribution in [0, 0.1) is 18.2 Å². The largest absolute Gasteiger partial charge is 0.314 e. The summed E-state index contributed by atoms with van der Waals surface area (Å²) in [7, 11) is 0. The summed E-state index contributed by atoms with van der Waals surface area (Å²) in [5, 5.41) is 3.92. The number of rotatable bonds is 2. The zero-order chi connectivity index (χ0) is 14.9. The molecule has 21 heavy (non-hydrogen) atoms. The van der Waals surface area contributed by atoms with Crippen molar-refractivity contribution in [2.45, 2.75) is 33.7 Å². The van der Waals surface area contributed by atoms with Gasteiger partial charge in [0.1, 0.15) is 5.82 Å². The van der Waals surface area contributed by atoms with E-state index in [4.69, 9.17) is 11.6 Å². The van der Waals surface area contributed by atoms with E-state index in [2.05, 4.69) is 31.0 Å².